The number of halogens is 1. The summed E-state index contributed by atoms with van der Waals surface area (Å²) in [6.07, 6.45) is 0. The lowest BCUT2D eigenvalue weighted by Gasteiger charge is -2.24. The van der Waals surface area contributed by atoms with E-state index in [1.165, 1.54) is 5.56 Å². The highest BCUT2D eigenvalue weighted by molar-refractivity contribution is 5.39. The van der Waals surface area contributed by atoms with E-state index in [2.05, 4.69) is 19.1 Å². The van der Waals surface area contributed by atoms with Crippen LogP contribution in [0.1, 0.15) is 41.1 Å². The summed E-state index contributed by atoms with van der Waals surface area (Å²) in [5, 5.41) is 0. The van der Waals surface area contributed by atoms with Crippen molar-refractivity contribution in [1.29, 1.82) is 0 Å². The summed E-state index contributed by atoms with van der Waals surface area (Å²) in [6.45, 7) is 5.95. The largest absolute Gasteiger partial charge is 0.323 e. The number of hydrogen-bond acceptors (Lipinski definition) is 1. The molecule has 2 heteroatoms. The monoisotopic (exact) mass is 257 g/mol. The lowest BCUT2D eigenvalue weighted by Crippen LogP contribution is -2.20. The summed E-state index contributed by atoms with van der Waals surface area (Å²) >= 11 is 0. The molecule has 0 fully saturated rings. The first kappa shape index (κ1) is 13.8. The minimum absolute atomic E-state index is 0.122. The van der Waals surface area contributed by atoms with Gasteiger partial charge in [-0.1, -0.05) is 37.3 Å². The molecule has 0 heterocycles. The second-order valence-corrected chi connectivity index (χ2v) is 5.18. The van der Waals surface area contributed by atoms with Crippen LogP contribution in [0.4, 0.5) is 4.39 Å². The summed E-state index contributed by atoms with van der Waals surface area (Å²) in [5.41, 5.74) is 10.5. The lowest BCUT2D eigenvalue weighted by atomic mass is 9.85. The first-order valence-electron chi connectivity index (χ1n) is 6.58. The van der Waals surface area contributed by atoms with E-state index in [4.69, 9.17) is 5.73 Å². The zero-order chi connectivity index (χ0) is 14.0. The zero-order valence-electron chi connectivity index (χ0n) is 11.7. The van der Waals surface area contributed by atoms with Crippen LogP contribution in [0.15, 0.2) is 42.5 Å². The van der Waals surface area contributed by atoms with Crippen LogP contribution < -0.4 is 5.73 Å². The third-order valence-corrected chi connectivity index (χ3v) is 3.76. The van der Waals surface area contributed by atoms with Gasteiger partial charge in [0.25, 0.3) is 0 Å². The summed E-state index contributed by atoms with van der Waals surface area (Å²) in [7, 11) is 0. The van der Waals surface area contributed by atoms with Crippen LogP contribution in [0, 0.1) is 19.7 Å². The van der Waals surface area contributed by atoms with E-state index in [-0.39, 0.29) is 17.8 Å². The Morgan fingerprint density at radius 1 is 1.00 bits per heavy atom. The molecule has 0 amide bonds. The van der Waals surface area contributed by atoms with E-state index in [0.29, 0.717) is 0 Å². The minimum atomic E-state index is -0.196. The highest BCUT2D eigenvalue weighted by Crippen LogP contribution is 2.32. The van der Waals surface area contributed by atoms with E-state index in [0.717, 1.165) is 16.7 Å². The van der Waals surface area contributed by atoms with Crippen molar-refractivity contribution < 1.29 is 4.39 Å². The first-order valence-corrected chi connectivity index (χ1v) is 6.58. The Morgan fingerprint density at radius 3 is 2.05 bits per heavy atom. The third kappa shape index (κ3) is 2.85. The topological polar surface area (TPSA) is 26.0 Å². The molecule has 2 aromatic rings. The molecule has 0 aliphatic heterocycles. The molecule has 2 aromatic carbocycles. The van der Waals surface area contributed by atoms with E-state index < -0.39 is 0 Å². The van der Waals surface area contributed by atoms with Crippen LogP contribution in [0.25, 0.3) is 0 Å². The summed E-state index contributed by atoms with van der Waals surface area (Å²) in [4.78, 5) is 0. The molecule has 0 spiro atoms. The molecular formula is C17H20FN. The molecular weight excluding hydrogens is 237 g/mol. The molecule has 0 saturated heterocycles. The lowest BCUT2D eigenvalue weighted by molar-refractivity contribution is 0.583. The van der Waals surface area contributed by atoms with Gasteiger partial charge in [0.15, 0.2) is 0 Å². The maximum atomic E-state index is 13.4. The highest BCUT2D eigenvalue weighted by Gasteiger charge is 2.20. The van der Waals surface area contributed by atoms with Crippen LogP contribution >= 0.6 is 0 Å². The van der Waals surface area contributed by atoms with Crippen LogP contribution in [-0.4, -0.2) is 0 Å². The van der Waals surface area contributed by atoms with Crippen molar-refractivity contribution in [3.05, 3.63) is 70.5 Å². The van der Waals surface area contributed by atoms with Crippen molar-refractivity contribution in [3.63, 3.8) is 0 Å². The van der Waals surface area contributed by atoms with Crippen molar-refractivity contribution in [2.45, 2.75) is 32.7 Å². The third-order valence-electron chi connectivity index (χ3n) is 3.76. The molecule has 0 radical (unpaired) electrons. The Kier molecular flexibility index (Phi) is 4.01. The van der Waals surface area contributed by atoms with Gasteiger partial charge < -0.3 is 5.73 Å². The Labute approximate surface area is 114 Å². The predicted molar refractivity (Wildman–Crippen MR) is 77.7 cm³/mol. The number of nitrogens with two attached hydrogens (primary N) is 1. The van der Waals surface area contributed by atoms with Crippen LogP contribution in [-0.2, 0) is 0 Å². The molecule has 2 rings (SSSR count). The maximum Gasteiger partial charge on any atom is 0.123 e. The smallest absolute Gasteiger partial charge is 0.123 e. The van der Waals surface area contributed by atoms with Gasteiger partial charge in [0.2, 0.25) is 0 Å². The molecule has 1 nitrogen and oxygen atoms in total. The van der Waals surface area contributed by atoms with Gasteiger partial charge in [0, 0.05) is 12.0 Å². The van der Waals surface area contributed by atoms with Crippen molar-refractivity contribution in [1.82, 2.24) is 0 Å². The quantitative estimate of drug-likeness (QED) is 0.874. The van der Waals surface area contributed by atoms with Gasteiger partial charge in [-0.25, -0.2) is 4.39 Å². The SMILES string of the molecule is Cc1cc(F)cc(C)c1C(N)C(C)c1ccccc1. The second kappa shape index (κ2) is 5.54. The molecule has 19 heavy (non-hydrogen) atoms. The highest BCUT2D eigenvalue weighted by atomic mass is 19.1. The molecule has 2 unspecified atom stereocenters. The van der Waals surface area contributed by atoms with Crippen molar-refractivity contribution in [3.8, 4) is 0 Å². The molecule has 0 saturated carbocycles. The van der Waals surface area contributed by atoms with E-state index in [1.807, 2.05) is 32.0 Å². The summed E-state index contributed by atoms with van der Waals surface area (Å²) < 4.78 is 13.4. The average Bonchev–Trinajstić information content (AvgIpc) is 2.37. The maximum absolute atomic E-state index is 13.4. The summed E-state index contributed by atoms with van der Waals surface area (Å²) in [5.74, 6) is 0.00220. The fourth-order valence-corrected chi connectivity index (χ4v) is 2.66. The normalized spacial score (nSPS) is 14.2. The van der Waals surface area contributed by atoms with Crippen molar-refractivity contribution in [2.75, 3.05) is 0 Å². The van der Waals surface area contributed by atoms with Gasteiger partial charge in [0.1, 0.15) is 5.82 Å². The van der Waals surface area contributed by atoms with Crippen LogP contribution in [0.2, 0.25) is 0 Å². The van der Waals surface area contributed by atoms with Crippen molar-refractivity contribution >= 4 is 0 Å². The average molecular weight is 257 g/mol. The van der Waals surface area contributed by atoms with Gasteiger partial charge in [0.05, 0.1) is 0 Å². The fourth-order valence-electron chi connectivity index (χ4n) is 2.66. The van der Waals surface area contributed by atoms with Crippen LogP contribution in [0.5, 0.6) is 0 Å². The standard InChI is InChI=1S/C17H20FN/c1-11-9-15(18)10-12(2)16(11)17(19)13(3)14-7-5-4-6-8-14/h4-10,13,17H,19H2,1-3H3. The van der Waals surface area contributed by atoms with Gasteiger partial charge in [-0.3, -0.25) is 0 Å². The van der Waals surface area contributed by atoms with Gasteiger partial charge >= 0.3 is 0 Å². The Bertz CT molecular complexity index is 540. The minimum Gasteiger partial charge on any atom is -0.323 e. The van der Waals surface area contributed by atoms with E-state index in [1.54, 1.807) is 12.1 Å². The zero-order valence-corrected chi connectivity index (χ0v) is 11.7. The molecule has 0 bridgehead atoms. The predicted octanol–water partition coefficient (Wildman–Crippen LogP) is 4.25. The molecule has 0 aliphatic rings. The first-order chi connectivity index (χ1) is 9.00. The molecule has 2 atom stereocenters. The van der Waals surface area contributed by atoms with E-state index in [9.17, 15) is 4.39 Å². The Balaban J connectivity index is 2.37. The van der Waals surface area contributed by atoms with E-state index >= 15 is 0 Å². The van der Waals surface area contributed by atoms with Crippen LogP contribution in [0.3, 0.4) is 0 Å². The van der Waals surface area contributed by atoms with Crippen molar-refractivity contribution in [2.24, 2.45) is 5.73 Å². The Hall–Kier alpha value is -1.67. The van der Waals surface area contributed by atoms with Gasteiger partial charge in [-0.15, -0.1) is 0 Å². The van der Waals surface area contributed by atoms with Gasteiger partial charge in [-0.2, -0.15) is 0 Å². The molecule has 0 aromatic heterocycles. The van der Waals surface area contributed by atoms with Gasteiger partial charge in [-0.05, 0) is 48.2 Å². The second-order valence-electron chi connectivity index (χ2n) is 5.18. The summed E-state index contributed by atoms with van der Waals surface area (Å²) in [6, 6.07) is 13.2. The molecule has 0 aliphatic carbocycles. The number of benzene rings is 2. The number of aryl methyl sites for hydroxylation is 2. The number of hydrogen-bond donors (Lipinski definition) is 1. The Morgan fingerprint density at radius 2 is 1.53 bits per heavy atom. The molecule has 2 N–H and O–H groups in total. The number of rotatable bonds is 3. The molecule has 100 valence electrons. The fraction of sp³-hybridized carbons (Fsp3) is 0.294.